The van der Waals surface area contributed by atoms with Crippen LogP contribution in [0.4, 0.5) is 14.6 Å². The van der Waals surface area contributed by atoms with Crippen LogP contribution in [0.2, 0.25) is 0 Å². The second kappa shape index (κ2) is 12.4. The standard InChI is InChI=1S/C25H26F2N6O2.C2H6/c1-34-21-12-19-20(13-22(21)35-24(26)27)30-16-31-23(19)32-7-9-33(10-8-32)25-28-14-18(15-29-25)11-17-5-3-2-4-6-17;1-2/h2-6,12-16,24-25,28H,7-11H2,1H3;1-2H3. The molecule has 1 unspecified atom stereocenters. The van der Waals surface area contributed by atoms with Gasteiger partial charge in [0.15, 0.2) is 17.8 Å². The number of ether oxygens (including phenoxy) is 2. The van der Waals surface area contributed by atoms with E-state index in [4.69, 9.17) is 9.73 Å². The molecule has 1 atom stereocenters. The van der Waals surface area contributed by atoms with Crippen molar-refractivity contribution in [2.75, 3.05) is 38.2 Å². The molecule has 10 heteroatoms. The number of aliphatic imine (C=N–C) groups is 1. The van der Waals surface area contributed by atoms with Crippen LogP contribution in [0.15, 0.2) is 65.6 Å². The molecule has 0 radical (unpaired) electrons. The van der Waals surface area contributed by atoms with Crippen LogP contribution < -0.4 is 19.7 Å². The fraction of sp³-hybridized carbons (Fsp3) is 0.370. The molecule has 2 aliphatic heterocycles. The molecule has 0 aliphatic carbocycles. The van der Waals surface area contributed by atoms with E-state index in [0.717, 1.165) is 49.4 Å². The Hall–Kier alpha value is -3.79. The first-order valence-corrected chi connectivity index (χ1v) is 12.4. The second-order valence-electron chi connectivity index (χ2n) is 8.32. The number of aromatic nitrogens is 2. The minimum absolute atomic E-state index is 0.0506. The van der Waals surface area contributed by atoms with Crippen molar-refractivity contribution in [3.63, 3.8) is 0 Å². The number of allylic oxidation sites excluding steroid dienone is 1. The van der Waals surface area contributed by atoms with Crippen molar-refractivity contribution < 1.29 is 18.3 Å². The second-order valence-corrected chi connectivity index (χ2v) is 8.32. The molecule has 196 valence electrons. The zero-order valence-electron chi connectivity index (χ0n) is 21.3. The summed E-state index contributed by atoms with van der Waals surface area (Å²) in [5.74, 6) is 0.901. The Morgan fingerprint density at radius 2 is 1.78 bits per heavy atom. The van der Waals surface area contributed by atoms with E-state index >= 15 is 0 Å². The van der Waals surface area contributed by atoms with Crippen molar-refractivity contribution >= 4 is 22.9 Å². The average molecular weight is 511 g/mol. The van der Waals surface area contributed by atoms with Crippen molar-refractivity contribution in [1.29, 1.82) is 0 Å². The minimum Gasteiger partial charge on any atom is -0.493 e. The van der Waals surface area contributed by atoms with Crippen molar-refractivity contribution in [2.45, 2.75) is 33.2 Å². The maximum absolute atomic E-state index is 12.8. The van der Waals surface area contributed by atoms with E-state index in [0.29, 0.717) is 5.52 Å². The molecule has 8 nitrogen and oxygen atoms in total. The van der Waals surface area contributed by atoms with Gasteiger partial charge in [0.25, 0.3) is 0 Å². The van der Waals surface area contributed by atoms with E-state index in [1.165, 1.54) is 25.1 Å². The number of hydrogen-bond donors (Lipinski definition) is 1. The van der Waals surface area contributed by atoms with Crippen molar-refractivity contribution in [2.24, 2.45) is 4.99 Å². The van der Waals surface area contributed by atoms with Gasteiger partial charge < -0.3 is 19.7 Å². The summed E-state index contributed by atoms with van der Waals surface area (Å²) in [7, 11) is 1.42. The van der Waals surface area contributed by atoms with Gasteiger partial charge in [-0.2, -0.15) is 8.78 Å². The molecule has 5 rings (SSSR count). The molecule has 0 amide bonds. The highest BCUT2D eigenvalue weighted by Crippen LogP contribution is 2.36. The first-order valence-electron chi connectivity index (χ1n) is 12.4. The number of hydrogen-bond acceptors (Lipinski definition) is 8. The van der Waals surface area contributed by atoms with E-state index in [9.17, 15) is 8.78 Å². The zero-order valence-corrected chi connectivity index (χ0v) is 21.3. The number of alkyl halides is 2. The van der Waals surface area contributed by atoms with Crippen LogP contribution in [0.1, 0.15) is 19.4 Å². The number of halogens is 2. The van der Waals surface area contributed by atoms with Gasteiger partial charge in [0.05, 0.1) is 12.6 Å². The molecule has 1 aromatic heterocycles. The Balaban J connectivity index is 0.00000156. The maximum Gasteiger partial charge on any atom is 0.387 e. The van der Waals surface area contributed by atoms with E-state index in [1.54, 1.807) is 6.07 Å². The van der Waals surface area contributed by atoms with Crippen LogP contribution in [-0.4, -0.2) is 67.3 Å². The Bertz CT molecular complexity index is 1230. The van der Waals surface area contributed by atoms with Gasteiger partial charge in [-0.1, -0.05) is 44.2 Å². The predicted octanol–water partition coefficient (Wildman–Crippen LogP) is 4.47. The lowest BCUT2D eigenvalue weighted by atomic mass is 10.1. The molecule has 1 fully saturated rings. The van der Waals surface area contributed by atoms with E-state index in [1.807, 2.05) is 44.5 Å². The summed E-state index contributed by atoms with van der Waals surface area (Å²) in [6, 6.07) is 13.4. The number of methoxy groups -OCH3 is 1. The minimum atomic E-state index is -2.95. The van der Waals surface area contributed by atoms with Gasteiger partial charge in [-0.25, -0.2) is 9.97 Å². The number of benzene rings is 2. The third-order valence-corrected chi connectivity index (χ3v) is 6.13. The fourth-order valence-corrected chi connectivity index (χ4v) is 4.38. The molecule has 0 saturated carbocycles. The summed E-state index contributed by atoms with van der Waals surface area (Å²) in [5, 5.41) is 4.13. The van der Waals surface area contributed by atoms with E-state index in [-0.39, 0.29) is 17.8 Å². The molecule has 2 aliphatic rings. The van der Waals surface area contributed by atoms with Gasteiger partial charge in [-0.05, 0) is 17.2 Å². The number of piperazine rings is 1. The quantitative estimate of drug-likeness (QED) is 0.503. The topological polar surface area (TPSA) is 75.1 Å². The lowest BCUT2D eigenvalue weighted by Crippen LogP contribution is -2.54. The Labute approximate surface area is 215 Å². The number of nitrogens with zero attached hydrogens (tertiary/aromatic N) is 5. The van der Waals surface area contributed by atoms with Crippen LogP contribution in [0.25, 0.3) is 10.9 Å². The van der Waals surface area contributed by atoms with E-state index in [2.05, 4.69) is 42.0 Å². The van der Waals surface area contributed by atoms with Gasteiger partial charge >= 0.3 is 6.61 Å². The highest BCUT2D eigenvalue weighted by Gasteiger charge is 2.26. The molecule has 1 N–H and O–H groups in total. The highest BCUT2D eigenvalue weighted by atomic mass is 19.3. The first-order chi connectivity index (χ1) is 18.1. The van der Waals surface area contributed by atoms with Gasteiger partial charge in [0.2, 0.25) is 0 Å². The van der Waals surface area contributed by atoms with Crippen LogP contribution in [-0.2, 0) is 6.42 Å². The van der Waals surface area contributed by atoms with E-state index < -0.39 is 6.61 Å². The maximum atomic E-state index is 12.8. The van der Waals surface area contributed by atoms with Crippen LogP contribution >= 0.6 is 0 Å². The summed E-state index contributed by atoms with van der Waals surface area (Å²) < 4.78 is 35.4. The summed E-state index contributed by atoms with van der Waals surface area (Å²) in [5.41, 5.74) is 2.91. The third kappa shape index (κ3) is 6.32. The normalized spacial score (nSPS) is 17.6. The Kier molecular flexibility index (Phi) is 8.84. The van der Waals surface area contributed by atoms with Crippen molar-refractivity contribution in [3.05, 3.63) is 66.1 Å². The fourth-order valence-electron chi connectivity index (χ4n) is 4.38. The predicted molar refractivity (Wildman–Crippen MR) is 142 cm³/mol. The van der Waals surface area contributed by atoms with Crippen molar-refractivity contribution in [1.82, 2.24) is 20.2 Å². The molecule has 0 bridgehead atoms. The van der Waals surface area contributed by atoms with Crippen molar-refractivity contribution in [3.8, 4) is 11.5 Å². The highest BCUT2D eigenvalue weighted by molar-refractivity contribution is 5.92. The Morgan fingerprint density at radius 1 is 1.03 bits per heavy atom. The molecule has 0 spiro atoms. The molecular formula is C27H32F2N6O2. The number of fused-ring (bicyclic) bond motifs is 1. The molecule has 2 aromatic carbocycles. The molecular weight excluding hydrogens is 478 g/mol. The summed E-state index contributed by atoms with van der Waals surface area (Å²) in [6.07, 6.45) is 6.17. The van der Waals surface area contributed by atoms with Gasteiger partial charge in [-0.15, -0.1) is 0 Å². The summed E-state index contributed by atoms with van der Waals surface area (Å²) in [6.45, 7) is 4.09. The van der Waals surface area contributed by atoms with Crippen LogP contribution in [0.3, 0.4) is 0 Å². The average Bonchev–Trinajstić information content (AvgIpc) is 2.94. The lowest BCUT2D eigenvalue weighted by Gasteiger charge is -2.39. The SMILES string of the molecule is CC.COc1cc2c(N3CCN(C4N=CC(Cc5ccccc5)=CN4)CC3)ncnc2cc1OC(F)F. The third-order valence-electron chi connectivity index (χ3n) is 6.13. The molecule has 3 aromatic rings. The van der Waals surface area contributed by atoms with Crippen LogP contribution in [0.5, 0.6) is 11.5 Å². The van der Waals surface area contributed by atoms with Gasteiger partial charge in [0.1, 0.15) is 12.1 Å². The van der Waals surface area contributed by atoms with Gasteiger partial charge in [-0.3, -0.25) is 9.89 Å². The number of nitrogens with one attached hydrogen (secondary N) is 1. The zero-order chi connectivity index (χ0) is 26.2. The number of rotatable bonds is 7. The smallest absolute Gasteiger partial charge is 0.387 e. The largest absolute Gasteiger partial charge is 0.493 e. The Morgan fingerprint density at radius 3 is 2.43 bits per heavy atom. The monoisotopic (exact) mass is 510 g/mol. The molecule has 1 saturated heterocycles. The van der Waals surface area contributed by atoms with Crippen LogP contribution in [0, 0.1) is 0 Å². The lowest BCUT2D eigenvalue weighted by molar-refractivity contribution is -0.0511. The first kappa shape index (κ1) is 26.3. The summed E-state index contributed by atoms with van der Waals surface area (Å²) >= 11 is 0. The molecule has 3 heterocycles. The summed E-state index contributed by atoms with van der Waals surface area (Å²) in [4.78, 5) is 17.9. The molecule has 37 heavy (non-hydrogen) atoms. The number of anilines is 1. The van der Waals surface area contributed by atoms with Gasteiger partial charge in [0, 0.05) is 56.5 Å².